The summed E-state index contributed by atoms with van der Waals surface area (Å²) in [6.07, 6.45) is 4.77. The molecule has 2 aromatic heterocycles. The van der Waals surface area contributed by atoms with Crippen LogP contribution in [0.25, 0.3) is 11.2 Å². The van der Waals surface area contributed by atoms with Crippen molar-refractivity contribution in [2.75, 3.05) is 5.32 Å². The lowest BCUT2D eigenvalue weighted by atomic mass is 10.5. The van der Waals surface area contributed by atoms with E-state index in [2.05, 4.69) is 20.3 Å². The number of carbonyl (C=O) groups excluding carboxylic acids is 1. The highest BCUT2D eigenvalue weighted by Gasteiger charge is 2.06. The minimum atomic E-state index is -0.326. The molecule has 0 aliphatic heterocycles. The Morgan fingerprint density at radius 2 is 2.38 bits per heavy atom. The number of anilines is 1. The van der Waals surface area contributed by atoms with Gasteiger partial charge in [-0.05, 0) is 6.08 Å². The largest absolute Gasteiger partial charge is 0.332 e. The minimum Gasteiger partial charge on any atom is -0.332 e. The van der Waals surface area contributed by atoms with Crippen LogP contribution in [0.2, 0.25) is 0 Å². The van der Waals surface area contributed by atoms with Crippen LogP contribution in [-0.4, -0.2) is 25.8 Å². The molecule has 0 aliphatic carbocycles. The predicted octanol–water partition coefficient (Wildman–Crippen LogP) is -0.219. The second-order valence-electron chi connectivity index (χ2n) is 3.08. The lowest BCUT2D eigenvalue weighted by Crippen LogP contribution is -2.11. The van der Waals surface area contributed by atoms with E-state index in [9.17, 15) is 9.59 Å². The molecule has 2 N–H and O–H groups in total. The van der Waals surface area contributed by atoms with E-state index in [4.69, 9.17) is 0 Å². The maximum Gasteiger partial charge on any atom is 0.280 e. The zero-order chi connectivity index (χ0) is 11.5. The minimum absolute atomic E-state index is 0.263. The summed E-state index contributed by atoms with van der Waals surface area (Å²) in [5.74, 6) is 0.263. The molecule has 0 bridgehead atoms. The Hall–Kier alpha value is -2.44. The Labute approximate surface area is 89.8 Å². The molecule has 2 rings (SSSR count). The van der Waals surface area contributed by atoms with Gasteiger partial charge in [-0.25, -0.2) is 4.98 Å². The summed E-state index contributed by atoms with van der Waals surface area (Å²) >= 11 is 0. The van der Waals surface area contributed by atoms with Crippen molar-refractivity contribution >= 4 is 23.4 Å². The number of aromatic nitrogens is 4. The second-order valence-corrected chi connectivity index (χ2v) is 3.08. The molecule has 2 aromatic rings. The average Bonchev–Trinajstić information content (AvgIpc) is 2.62. The number of aromatic amines is 1. The van der Waals surface area contributed by atoms with Crippen molar-refractivity contribution in [1.82, 2.24) is 19.5 Å². The Morgan fingerprint density at radius 1 is 1.56 bits per heavy atom. The number of nitrogens with one attached hydrogen (secondary N) is 2. The Kier molecular flexibility index (Phi) is 2.50. The number of carbonyl (C=O) groups is 1. The van der Waals surface area contributed by atoms with Crippen molar-refractivity contribution < 1.29 is 4.79 Å². The van der Waals surface area contributed by atoms with Crippen molar-refractivity contribution in [2.45, 2.75) is 0 Å². The van der Waals surface area contributed by atoms with E-state index in [1.165, 1.54) is 18.6 Å². The summed E-state index contributed by atoms with van der Waals surface area (Å²) in [5.41, 5.74) is 0.436. The summed E-state index contributed by atoms with van der Waals surface area (Å²) in [7, 11) is 1.74. The molecule has 0 radical (unpaired) electrons. The summed E-state index contributed by atoms with van der Waals surface area (Å²) in [6, 6.07) is 0. The van der Waals surface area contributed by atoms with Crippen LogP contribution in [0.1, 0.15) is 0 Å². The summed E-state index contributed by atoms with van der Waals surface area (Å²) in [4.78, 5) is 32.1. The smallest absolute Gasteiger partial charge is 0.280 e. The standard InChI is InChI=1S/C9H9N5O2/c1-14-5-11-6-7(14)12-9(13-8(6)16)10-3-2-4-15/h2-5H,1H3,(H2,10,12,13,16). The van der Waals surface area contributed by atoms with Crippen molar-refractivity contribution in [3.63, 3.8) is 0 Å². The fourth-order valence-electron chi connectivity index (χ4n) is 1.25. The maximum absolute atomic E-state index is 11.5. The van der Waals surface area contributed by atoms with Gasteiger partial charge >= 0.3 is 0 Å². The number of H-pyrrole nitrogens is 1. The van der Waals surface area contributed by atoms with E-state index >= 15 is 0 Å². The molecule has 0 aliphatic rings. The third-order valence-corrected chi connectivity index (χ3v) is 1.97. The third kappa shape index (κ3) is 1.70. The molecule has 0 unspecified atom stereocenters. The van der Waals surface area contributed by atoms with E-state index in [0.717, 1.165) is 0 Å². The number of aldehydes is 1. The SMILES string of the molecule is Cn1cnc2c(=O)[nH]c(NC=CC=O)nc21. The van der Waals surface area contributed by atoms with Gasteiger partial charge in [0.25, 0.3) is 5.56 Å². The van der Waals surface area contributed by atoms with Crippen molar-refractivity contribution in [3.05, 3.63) is 29.0 Å². The van der Waals surface area contributed by atoms with Gasteiger partial charge in [-0.3, -0.25) is 14.6 Å². The molecule has 0 saturated carbocycles. The van der Waals surface area contributed by atoms with Gasteiger partial charge in [-0.2, -0.15) is 4.98 Å². The Balaban J connectivity index is 2.48. The molecule has 2 heterocycles. The predicted molar refractivity (Wildman–Crippen MR) is 58.0 cm³/mol. The molecule has 7 heteroatoms. The fraction of sp³-hybridized carbons (Fsp3) is 0.111. The molecule has 0 aromatic carbocycles. The van der Waals surface area contributed by atoms with Gasteiger partial charge in [-0.15, -0.1) is 0 Å². The van der Waals surface area contributed by atoms with Crippen molar-refractivity contribution in [3.8, 4) is 0 Å². The first-order valence-corrected chi connectivity index (χ1v) is 4.50. The summed E-state index contributed by atoms with van der Waals surface area (Å²) < 4.78 is 1.64. The Bertz CT molecular complexity index is 610. The van der Waals surface area contributed by atoms with Gasteiger partial charge in [0, 0.05) is 13.2 Å². The number of rotatable bonds is 3. The quantitative estimate of drug-likeness (QED) is 0.550. The molecule has 82 valence electrons. The number of hydrogen-bond acceptors (Lipinski definition) is 5. The molecule has 7 nitrogen and oxygen atoms in total. The topological polar surface area (TPSA) is 92.7 Å². The van der Waals surface area contributed by atoms with Crippen LogP contribution in [0, 0.1) is 0 Å². The zero-order valence-corrected chi connectivity index (χ0v) is 8.47. The maximum atomic E-state index is 11.5. The van der Waals surface area contributed by atoms with Gasteiger partial charge in [0.2, 0.25) is 5.95 Å². The van der Waals surface area contributed by atoms with Crippen molar-refractivity contribution in [2.24, 2.45) is 7.05 Å². The molecule has 16 heavy (non-hydrogen) atoms. The number of hydrogen-bond donors (Lipinski definition) is 2. The van der Waals surface area contributed by atoms with E-state index in [0.29, 0.717) is 11.9 Å². The number of allylic oxidation sites excluding steroid dienone is 1. The van der Waals surface area contributed by atoms with E-state index in [1.54, 1.807) is 11.6 Å². The van der Waals surface area contributed by atoms with Gasteiger partial charge in [0.05, 0.1) is 6.33 Å². The fourth-order valence-corrected chi connectivity index (χ4v) is 1.25. The number of nitrogens with zero attached hydrogens (tertiary/aromatic N) is 3. The van der Waals surface area contributed by atoms with Gasteiger partial charge in [-0.1, -0.05) is 0 Å². The highest BCUT2D eigenvalue weighted by atomic mass is 16.1. The Morgan fingerprint density at radius 3 is 3.12 bits per heavy atom. The normalized spacial score (nSPS) is 11.1. The number of fused-ring (bicyclic) bond motifs is 1. The van der Waals surface area contributed by atoms with Crippen LogP contribution in [0.4, 0.5) is 5.95 Å². The van der Waals surface area contributed by atoms with Crippen LogP contribution >= 0.6 is 0 Å². The van der Waals surface area contributed by atoms with Gasteiger partial charge in [0.1, 0.15) is 6.29 Å². The molecular formula is C9H9N5O2. The summed E-state index contributed by atoms with van der Waals surface area (Å²) in [5, 5.41) is 2.68. The van der Waals surface area contributed by atoms with Crippen LogP contribution in [-0.2, 0) is 11.8 Å². The van der Waals surface area contributed by atoms with E-state index in [1.807, 2.05) is 0 Å². The van der Waals surface area contributed by atoms with Gasteiger partial charge < -0.3 is 9.88 Å². The van der Waals surface area contributed by atoms with E-state index < -0.39 is 0 Å². The molecule has 0 spiro atoms. The molecular weight excluding hydrogens is 210 g/mol. The van der Waals surface area contributed by atoms with Crippen LogP contribution in [0.3, 0.4) is 0 Å². The molecule has 0 atom stereocenters. The number of imidazole rings is 1. The van der Waals surface area contributed by atoms with E-state index in [-0.39, 0.29) is 17.0 Å². The van der Waals surface area contributed by atoms with Gasteiger partial charge in [0.15, 0.2) is 11.2 Å². The summed E-state index contributed by atoms with van der Waals surface area (Å²) in [6.45, 7) is 0. The molecule has 0 saturated heterocycles. The molecule has 0 fully saturated rings. The average molecular weight is 219 g/mol. The number of aryl methyl sites for hydroxylation is 1. The first kappa shape index (κ1) is 10.1. The van der Waals surface area contributed by atoms with Crippen LogP contribution in [0.15, 0.2) is 23.4 Å². The monoisotopic (exact) mass is 219 g/mol. The highest BCUT2D eigenvalue weighted by Crippen LogP contribution is 2.05. The first-order chi connectivity index (χ1) is 7.72. The van der Waals surface area contributed by atoms with Crippen molar-refractivity contribution in [1.29, 1.82) is 0 Å². The lowest BCUT2D eigenvalue weighted by molar-refractivity contribution is -0.104. The molecule has 0 amide bonds. The lowest BCUT2D eigenvalue weighted by Gasteiger charge is -1.99. The van der Waals surface area contributed by atoms with Crippen LogP contribution < -0.4 is 10.9 Å². The second kappa shape index (κ2) is 3.97. The third-order valence-electron chi connectivity index (χ3n) is 1.97. The first-order valence-electron chi connectivity index (χ1n) is 4.50. The zero-order valence-electron chi connectivity index (χ0n) is 8.47. The van der Waals surface area contributed by atoms with Crippen LogP contribution in [0.5, 0.6) is 0 Å². The highest BCUT2D eigenvalue weighted by molar-refractivity contribution is 5.71.